The van der Waals surface area contributed by atoms with E-state index in [4.69, 9.17) is 5.26 Å². The molecule has 0 spiro atoms. The van der Waals surface area contributed by atoms with Gasteiger partial charge in [-0.25, -0.2) is 8.42 Å². The van der Waals surface area contributed by atoms with Crippen molar-refractivity contribution in [3.05, 3.63) is 76.9 Å². The van der Waals surface area contributed by atoms with E-state index in [0.29, 0.717) is 18.7 Å². The highest BCUT2D eigenvalue weighted by molar-refractivity contribution is 7.88. The number of nitriles is 1. The van der Waals surface area contributed by atoms with Crippen molar-refractivity contribution in [1.29, 1.82) is 5.26 Å². The Balaban J connectivity index is 1.82. The third kappa shape index (κ3) is 5.73. The average molecular weight is 426 g/mol. The highest BCUT2D eigenvalue weighted by atomic mass is 32.2. The summed E-state index contributed by atoms with van der Waals surface area (Å²) in [5.74, 6) is 0.212. The molecule has 0 saturated heterocycles. The SMILES string of the molecule is CC(C)CN(Cc1ccc(-c2cncc(C#N)c2)s1)S(=O)(=O)Cc1ccccc1. The predicted molar refractivity (Wildman–Crippen MR) is 117 cm³/mol. The van der Waals surface area contributed by atoms with E-state index in [-0.39, 0.29) is 11.7 Å². The molecule has 0 aliphatic carbocycles. The van der Waals surface area contributed by atoms with Crippen LogP contribution in [0.5, 0.6) is 0 Å². The van der Waals surface area contributed by atoms with E-state index in [2.05, 4.69) is 11.1 Å². The van der Waals surface area contributed by atoms with Gasteiger partial charge in [0, 0.05) is 40.8 Å². The van der Waals surface area contributed by atoms with E-state index in [0.717, 1.165) is 20.9 Å². The smallest absolute Gasteiger partial charge is 0.218 e. The van der Waals surface area contributed by atoms with Crippen molar-refractivity contribution in [3.8, 4) is 16.5 Å². The first-order valence-corrected chi connectivity index (χ1v) is 11.8. The van der Waals surface area contributed by atoms with Crippen molar-refractivity contribution in [2.75, 3.05) is 6.54 Å². The van der Waals surface area contributed by atoms with Crippen LogP contribution in [-0.2, 0) is 22.3 Å². The molecule has 0 fully saturated rings. The van der Waals surface area contributed by atoms with Gasteiger partial charge in [0.25, 0.3) is 0 Å². The third-order valence-corrected chi connectivity index (χ3v) is 7.18. The number of aromatic nitrogens is 1. The number of sulfonamides is 1. The average Bonchev–Trinajstić information content (AvgIpc) is 3.16. The third-order valence-electron chi connectivity index (χ3n) is 4.30. The minimum Gasteiger partial charge on any atom is -0.263 e. The number of rotatable bonds is 8. The molecule has 2 heterocycles. The van der Waals surface area contributed by atoms with Crippen LogP contribution in [0.2, 0.25) is 0 Å². The zero-order valence-electron chi connectivity index (χ0n) is 16.4. The summed E-state index contributed by atoms with van der Waals surface area (Å²) in [7, 11) is -3.45. The monoisotopic (exact) mass is 425 g/mol. The van der Waals surface area contributed by atoms with Gasteiger partial charge >= 0.3 is 0 Å². The van der Waals surface area contributed by atoms with Gasteiger partial charge in [-0.1, -0.05) is 44.2 Å². The fourth-order valence-corrected chi connectivity index (χ4v) is 5.73. The lowest BCUT2D eigenvalue weighted by atomic mass is 10.2. The molecule has 0 aliphatic heterocycles. The fourth-order valence-electron chi connectivity index (χ4n) is 2.99. The van der Waals surface area contributed by atoms with Crippen LogP contribution >= 0.6 is 11.3 Å². The molecule has 0 saturated carbocycles. The second-order valence-electron chi connectivity index (χ2n) is 7.27. The summed E-state index contributed by atoms with van der Waals surface area (Å²) in [6.45, 7) is 4.84. The number of hydrogen-bond acceptors (Lipinski definition) is 5. The van der Waals surface area contributed by atoms with Crippen molar-refractivity contribution in [3.63, 3.8) is 0 Å². The minimum atomic E-state index is -3.45. The molecule has 0 bridgehead atoms. The van der Waals surface area contributed by atoms with Gasteiger partial charge in [-0.15, -0.1) is 11.3 Å². The van der Waals surface area contributed by atoms with Crippen molar-refractivity contribution in [2.24, 2.45) is 5.92 Å². The largest absolute Gasteiger partial charge is 0.263 e. The molecule has 3 rings (SSSR count). The number of thiophene rings is 1. The highest BCUT2D eigenvalue weighted by Gasteiger charge is 2.24. The molecule has 3 aromatic rings. The van der Waals surface area contributed by atoms with Crippen LogP contribution in [0.25, 0.3) is 10.4 Å². The van der Waals surface area contributed by atoms with E-state index in [9.17, 15) is 8.42 Å². The molecule has 0 unspecified atom stereocenters. The van der Waals surface area contributed by atoms with E-state index in [1.807, 2.05) is 56.3 Å². The summed E-state index contributed by atoms with van der Waals surface area (Å²) < 4.78 is 27.7. The molecule has 0 N–H and O–H groups in total. The van der Waals surface area contributed by atoms with Gasteiger partial charge in [0.05, 0.1) is 11.3 Å². The molecule has 2 aromatic heterocycles. The van der Waals surface area contributed by atoms with Crippen LogP contribution in [0.1, 0.15) is 29.9 Å². The second kappa shape index (κ2) is 9.31. The Kier molecular flexibility index (Phi) is 6.80. The van der Waals surface area contributed by atoms with Crippen LogP contribution in [0, 0.1) is 17.2 Å². The summed E-state index contributed by atoms with van der Waals surface area (Å²) in [6, 6.07) is 17.1. The first kappa shape index (κ1) is 21.2. The van der Waals surface area contributed by atoms with Crippen LogP contribution in [-0.4, -0.2) is 24.3 Å². The van der Waals surface area contributed by atoms with Gasteiger partial charge in [0.1, 0.15) is 6.07 Å². The highest BCUT2D eigenvalue weighted by Crippen LogP contribution is 2.30. The van der Waals surface area contributed by atoms with Crippen molar-refractivity contribution in [1.82, 2.24) is 9.29 Å². The maximum absolute atomic E-state index is 13.1. The Hall–Kier alpha value is -2.53. The van der Waals surface area contributed by atoms with E-state index < -0.39 is 10.0 Å². The van der Waals surface area contributed by atoms with Crippen molar-refractivity contribution >= 4 is 21.4 Å². The Bertz CT molecular complexity index is 1100. The van der Waals surface area contributed by atoms with Crippen molar-refractivity contribution in [2.45, 2.75) is 26.1 Å². The van der Waals surface area contributed by atoms with Gasteiger partial charge in [0.2, 0.25) is 10.0 Å². The number of nitrogens with zero attached hydrogens (tertiary/aromatic N) is 3. The standard InChI is InChI=1S/C22H23N3O2S2/c1-17(2)14-25(29(26,27)16-18-6-4-3-5-7-18)15-21-8-9-22(28-21)20-10-19(11-23)12-24-13-20/h3-10,12-13,17H,14-16H2,1-2H3. The molecule has 7 heteroatoms. The molecule has 29 heavy (non-hydrogen) atoms. The summed E-state index contributed by atoms with van der Waals surface area (Å²) in [4.78, 5) is 6.03. The maximum atomic E-state index is 13.1. The van der Waals surface area contributed by atoms with Gasteiger partial charge in [-0.05, 0) is 29.7 Å². The van der Waals surface area contributed by atoms with Crippen LogP contribution < -0.4 is 0 Å². The summed E-state index contributed by atoms with van der Waals surface area (Å²) in [5.41, 5.74) is 2.15. The lowest BCUT2D eigenvalue weighted by molar-refractivity contribution is 0.364. The summed E-state index contributed by atoms with van der Waals surface area (Å²) in [6.07, 6.45) is 3.24. The molecule has 0 amide bonds. The molecule has 0 radical (unpaired) electrons. The number of hydrogen-bond donors (Lipinski definition) is 0. The van der Waals surface area contributed by atoms with Gasteiger partial charge in [-0.3, -0.25) is 4.98 Å². The second-order valence-corrected chi connectivity index (χ2v) is 10.4. The lowest BCUT2D eigenvalue weighted by Gasteiger charge is -2.23. The predicted octanol–water partition coefficient (Wildman–Crippen LogP) is 4.67. The summed E-state index contributed by atoms with van der Waals surface area (Å²) >= 11 is 1.53. The van der Waals surface area contributed by atoms with E-state index >= 15 is 0 Å². The topological polar surface area (TPSA) is 74.1 Å². The number of benzene rings is 1. The first-order chi connectivity index (χ1) is 13.9. The molecule has 0 atom stereocenters. The molecule has 150 valence electrons. The quantitative estimate of drug-likeness (QED) is 0.526. The molecule has 0 aliphatic rings. The van der Waals surface area contributed by atoms with Gasteiger partial charge in [-0.2, -0.15) is 9.57 Å². The summed E-state index contributed by atoms with van der Waals surface area (Å²) in [5, 5.41) is 9.07. The Morgan fingerprint density at radius 1 is 1.14 bits per heavy atom. The van der Waals surface area contributed by atoms with Gasteiger partial charge in [0.15, 0.2) is 0 Å². The first-order valence-electron chi connectivity index (χ1n) is 9.33. The number of pyridine rings is 1. The van der Waals surface area contributed by atoms with E-state index in [1.54, 1.807) is 16.6 Å². The van der Waals surface area contributed by atoms with E-state index in [1.165, 1.54) is 17.5 Å². The Morgan fingerprint density at radius 3 is 2.59 bits per heavy atom. The van der Waals surface area contributed by atoms with Gasteiger partial charge < -0.3 is 0 Å². The van der Waals surface area contributed by atoms with Crippen LogP contribution in [0.4, 0.5) is 0 Å². The maximum Gasteiger partial charge on any atom is 0.218 e. The lowest BCUT2D eigenvalue weighted by Crippen LogP contribution is -2.34. The molecular weight excluding hydrogens is 402 g/mol. The Morgan fingerprint density at radius 2 is 1.90 bits per heavy atom. The molecule has 5 nitrogen and oxygen atoms in total. The molecule has 1 aromatic carbocycles. The van der Waals surface area contributed by atoms with Crippen LogP contribution in [0.3, 0.4) is 0 Å². The normalized spacial score (nSPS) is 11.7. The Labute approximate surface area is 176 Å². The van der Waals surface area contributed by atoms with Crippen molar-refractivity contribution < 1.29 is 8.42 Å². The van der Waals surface area contributed by atoms with Crippen LogP contribution in [0.15, 0.2) is 60.9 Å². The molecular formula is C22H23N3O2S2. The minimum absolute atomic E-state index is 0.00702. The zero-order valence-corrected chi connectivity index (χ0v) is 18.1. The fraction of sp³-hybridized carbons (Fsp3) is 0.273. The zero-order chi connectivity index (χ0) is 20.9.